The first-order chi connectivity index (χ1) is 7.52. The summed E-state index contributed by atoms with van der Waals surface area (Å²) in [6.45, 7) is 5.17. The lowest BCUT2D eigenvalue weighted by Gasteiger charge is -2.25. The van der Waals surface area contributed by atoms with Crippen molar-refractivity contribution in [2.45, 2.75) is 32.7 Å². The molecule has 1 aliphatic heterocycles. The highest BCUT2D eigenvalue weighted by atomic mass is 16.4. The van der Waals surface area contributed by atoms with Crippen molar-refractivity contribution in [1.29, 1.82) is 0 Å². The zero-order valence-electron chi connectivity index (χ0n) is 9.82. The highest BCUT2D eigenvalue weighted by Gasteiger charge is 2.28. The van der Waals surface area contributed by atoms with Gasteiger partial charge in [0.15, 0.2) is 0 Å². The summed E-state index contributed by atoms with van der Waals surface area (Å²) in [5.74, 6) is -1.30. The van der Waals surface area contributed by atoms with Gasteiger partial charge in [0.05, 0.1) is 5.92 Å². The number of nitrogens with one attached hydrogen (secondary N) is 2. The van der Waals surface area contributed by atoms with Crippen LogP contribution in [-0.2, 0) is 9.59 Å². The monoisotopic (exact) mass is 228 g/mol. The van der Waals surface area contributed by atoms with Gasteiger partial charge in [-0.25, -0.2) is 4.79 Å². The Morgan fingerprint density at radius 3 is 2.56 bits per heavy atom. The van der Waals surface area contributed by atoms with Crippen molar-refractivity contribution in [3.05, 3.63) is 0 Å². The fourth-order valence-electron chi connectivity index (χ4n) is 1.86. The van der Waals surface area contributed by atoms with Gasteiger partial charge in [0, 0.05) is 6.54 Å². The standard InChI is InChI=1S/C11H20N2O3/c1-7(2)9(11(15)16)13-10(14)8-4-3-5-12-6-8/h7-9,12H,3-6H2,1-2H3,(H,13,14)(H,15,16). The first-order valence-corrected chi connectivity index (χ1v) is 5.76. The SMILES string of the molecule is CC(C)C(NC(=O)C1CCCNC1)C(=O)O. The summed E-state index contributed by atoms with van der Waals surface area (Å²) in [7, 11) is 0. The minimum atomic E-state index is -0.966. The molecule has 0 aromatic carbocycles. The molecule has 0 aromatic rings. The van der Waals surface area contributed by atoms with Crippen molar-refractivity contribution >= 4 is 11.9 Å². The van der Waals surface area contributed by atoms with Gasteiger partial charge < -0.3 is 15.7 Å². The number of hydrogen-bond acceptors (Lipinski definition) is 3. The van der Waals surface area contributed by atoms with Crippen molar-refractivity contribution in [1.82, 2.24) is 10.6 Å². The Morgan fingerprint density at radius 2 is 2.12 bits per heavy atom. The van der Waals surface area contributed by atoms with Crippen molar-refractivity contribution in [2.24, 2.45) is 11.8 Å². The lowest BCUT2D eigenvalue weighted by atomic mass is 9.97. The molecule has 0 aliphatic carbocycles. The first kappa shape index (κ1) is 13.0. The van der Waals surface area contributed by atoms with E-state index in [-0.39, 0.29) is 17.7 Å². The fraction of sp³-hybridized carbons (Fsp3) is 0.818. The van der Waals surface area contributed by atoms with Crippen LogP contribution >= 0.6 is 0 Å². The molecule has 1 fully saturated rings. The summed E-state index contributed by atoms with van der Waals surface area (Å²) in [5.41, 5.74) is 0. The molecule has 0 spiro atoms. The Balaban J connectivity index is 2.50. The number of carboxylic acid groups (broad SMARTS) is 1. The maximum Gasteiger partial charge on any atom is 0.326 e. The Labute approximate surface area is 95.6 Å². The quantitative estimate of drug-likeness (QED) is 0.643. The molecule has 1 aliphatic rings. The van der Waals surface area contributed by atoms with Gasteiger partial charge in [-0.2, -0.15) is 0 Å². The number of rotatable bonds is 4. The molecule has 1 heterocycles. The van der Waals surface area contributed by atoms with Crippen LogP contribution < -0.4 is 10.6 Å². The number of aliphatic carboxylic acids is 1. The Hall–Kier alpha value is -1.10. The number of amides is 1. The molecule has 3 N–H and O–H groups in total. The van der Waals surface area contributed by atoms with E-state index < -0.39 is 12.0 Å². The third-order valence-electron chi connectivity index (χ3n) is 2.90. The molecule has 92 valence electrons. The predicted octanol–water partition coefficient (Wildman–Crippen LogP) is 0.211. The van der Waals surface area contributed by atoms with Crippen LogP contribution in [0.5, 0.6) is 0 Å². The van der Waals surface area contributed by atoms with Crippen molar-refractivity contribution in [2.75, 3.05) is 13.1 Å². The largest absolute Gasteiger partial charge is 0.480 e. The van der Waals surface area contributed by atoms with Gasteiger partial charge in [-0.3, -0.25) is 4.79 Å². The molecule has 16 heavy (non-hydrogen) atoms. The minimum absolute atomic E-state index is 0.0886. The molecule has 0 saturated carbocycles. The fourth-order valence-corrected chi connectivity index (χ4v) is 1.86. The molecular weight excluding hydrogens is 208 g/mol. The van der Waals surface area contributed by atoms with E-state index in [4.69, 9.17) is 5.11 Å². The molecule has 5 nitrogen and oxygen atoms in total. The molecule has 0 bridgehead atoms. The lowest BCUT2D eigenvalue weighted by Crippen LogP contribution is -2.49. The second kappa shape index (κ2) is 5.84. The van der Waals surface area contributed by atoms with E-state index in [0.29, 0.717) is 6.54 Å². The summed E-state index contributed by atoms with van der Waals surface area (Å²) in [6, 6.07) is -0.783. The van der Waals surface area contributed by atoms with Gasteiger partial charge in [-0.15, -0.1) is 0 Å². The zero-order valence-corrected chi connectivity index (χ0v) is 9.82. The number of piperidine rings is 1. The summed E-state index contributed by atoms with van der Waals surface area (Å²) in [4.78, 5) is 22.7. The summed E-state index contributed by atoms with van der Waals surface area (Å²) >= 11 is 0. The van der Waals surface area contributed by atoms with Crippen LogP contribution in [0.15, 0.2) is 0 Å². The van der Waals surface area contributed by atoms with Gasteiger partial charge in [-0.1, -0.05) is 13.8 Å². The highest BCUT2D eigenvalue weighted by Crippen LogP contribution is 2.11. The Morgan fingerprint density at radius 1 is 1.44 bits per heavy atom. The third-order valence-corrected chi connectivity index (χ3v) is 2.90. The van der Waals surface area contributed by atoms with Crippen LogP contribution in [0.1, 0.15) is 26.7 Å². The van der Waals surface area contributed by atoms with E-state index in [1.165, 1.54) is 0 Å². The van der Waals surface area contributed by atoms with Crippen LogP contribution in [0, 0.1) is 11.8 Å². The average Bonchev–Trinajstić information content (AvgIpc) is 2.25. The topological polar surface area (TPSA) is 78.4 Å². The number of carbonyl (C=O) groups is 2. The minimum Gasteiger partial charge on any atom is -0.480 e. The summed E-state index contributed by atoms with van der Waals surface area (Å²) in [6.07, 6.45) is 1.81. The lowest BCUT2D eigenvalue weighted by molar-refractivity contribution is -0.143. The number of carbonyl (C=O) groups excluding carboxylic acids is 1. The molecule has 1 saturated heterocycles. The van der Waals surface area contributed by atoms with E-state index in [1.807, 2.05) is 0 Å². The summed E-state index contributed by atoms with van der Waals surface area (Å²) in [5, 5.41) is 14.7. The number of hydrogen-bond donors (Lipinski definition) is 3. The maximum absolute atomic E-state index is 11.8. The number of carboxylic acids is 1. The highest BCUT2D eigenvalue weighted by molar-refractivity contribution is 5.85. The van der Waals surface area contributed by atoms with Gasteiger partial charge in [0.2, 0.25) is 5.91 Å². The second-order valence-electron chi connectivity index (χ2n) is 4.61. The zero-order chi connectivity index (χ0) is 12.1. The van der Waals surface area contributed by atoms with Gasteiger partial charge >= 0.3 is 5.97 Å². The van der Waals surface area contributed by atoms with Crippen molar-refractivity contribution in [3.8, 4) is 0 Å². The van der Waals surface area contributed by atoms with Crippen LogP contribution in [0.25, 0.3) is 0 Å². The van der Waals surface area contributed by atoms with Crippen molar-refractivity contribution < 1.29 is 14.7 Å². The Bertz CT molecular complexity index is 260. The smallest absolute Gasteiger partial charge is 0.326 e. The van der Waals surface area contributed by atoms with E-state index in [0.717, 1.165) is 19.4 Å². The molecule has 1 rings (SSSR count). The van der Waals surface area contributed by atoms with Crippen LogP contribution in [0.2, 0.25) is 0 Å². The van der Waals surface area contributed by atoms with Crippen LogP contribution in [-0.4, -0.2) is 36.1 Å². The van der Waals surface area contributed by atoms with Crippen molar-refractivity contribution in [3.63, 3.8) is 0 Å². The average molecular weight is 228 g/mol. The molecule has 2 unspecified atom stereocenters. The second-order valence-corrected chi connectivity index (χ2v) is 4.61. The molecule has 1 amide bonds. The van der Waals surface area contributed by atoms with Gasteiger partial charge in [0.1, 0.15) is 6.04 Å². The molecule has 2 atom stereocenters. The molecule has 5 heteroatoms. The van der Waals surface area contributed by atoms with E-state index >= 15 is 0 Å². The third kappa shape index (κ3) is 3.48. The maximum atomic E-state index is 11.8. The van der Waals surface area contributed by atoms with E-state index in [1.54, 1.807) is 13.8 Å². The van der Waals surface area contributed by atoms with Gasteiger partial charge in [-0.05, 0) is 25.3 Å². The predicted molar refractivity (Wildman–Crippen MR) is 60.0 cm³/mol. The van der Waals surface area contributed by atoms with Crippen LogP contribution in [0.3, 0.4) is 0 Å². The summed E-state index contributed by atoms with van der Waals surface area (Å²) < 4.78 is 0. The first-order valence-electron chi connectivity index (χ1n) is 5.76. The molecule has 0 radical (unpaired) electrons. The molecule has 0 aromatic heterocycles. The normalized spacial score (nSPS) is 22.8. The molecular formula is C11H20N2O3. The van der Waals surface area contributed by atoms with E-state index in [2.05, 4.69) is 10.6 Å². The van der Waals surface area contributed by atoms with Gasteiger partial charge in [0.25, 0.3) is 0 Å². The van der Waals surface area contributed by atoms with E-state index in [9.17, 15) is 9.59 Å². The Kier molecular flexibility index (Phi) is 4.73. The van der Waals surface area contributed by atoms with Crippen LogP contribution in [0.4, 0.5) is 0 Å².